The zero-order valence-corrected chi connectivity index (χ0v) is 13.6. The molecule has 0 N–H and O–H groups in total. The molecule has 0 aromatic heterocycles. The van der Waals surface area contributed by atoms with Gasteiger partial charge in [0.1, 0.15) is 0 Å². The maximum atomic E-state index is 5.87. The molecule has 1 nitrogen and oxygen atoms in total. The first-order valence-electron chi connectivity index (χ1n) is 6.21. The van der Waals surface area contributed by atoms with Gasteiger partial charge in [-0.25, -0.2) is 0 Å². The highest BCUT2D eigenvalue weighted by Crippen LogP contribution is 2.41. The Bertz CT molecular complexity index is 168. The summed E-state index contributed by atoms with van der Waals surface area (Å²) < 4.78 is 5.87. The van der Waals surface area contributed by atoms with Crippen molar-refractivity contribution in [1.82, 2.24) is 0 Å². The minimum absolute atomic E-state index is 0.214. The zero-order chi connectivity index (χ0) is 12.6. The van der Waals surface area contributed by atoms with Gasteiger partial charge in [0, 0.05) is 19.6 Å². The summed E-state index contributed by atoms with van der Waals surface area (Å²) in [5.41, 5.74) is 1.23. The summed E-state index contributed by atoms with van der Waals surface area (Å²) in [5, 5.41) is 0. The minimum atomic E-state index is -0.214. The average molecular weight is 264 g/mol. The van der Waals surface area contributed by atoms with Crippen LogP contribution in [0.3, 0.4) is 0 Å². The topological polar surface area (TPSA) is 9.23 Å². The van der Waals surface area contributed by atoms with E-state index in [9.17, 15) is 0 Å². The number of thioether (sulfide) groups is 1. The molecular weight excluding hydrogens is 235 g/mol. The van der Waals surface area contributed by atoms with E-state index in [0.29, 0.717) is 5.41 Å². The van der Waals surface area contributed by atoms with Crippen molar-refractivity contribution in [2.24, 2.45) is 5.41 Å². The van der Waals surface area contributed by atoms with Gasteiger partial charge in [0.15, 0.2) is 0 Å². The van der Waals surface area contributed by atoms with Crippen LogP contribution in [0.15, 0.2) is 0 Å². The quantitative estimate of drug-likeness (QED) is 0.451. The number of hydrogen-bond acceptors (Lipinski definition) is 2. The zero-order valence-electron chi connectivity index (χ0n) is 11.9. The average Bonchev–Trinajstić information content (AvgIpc) is 2.15. The van der Waals surface area contributed by atoms with Crippen LogP contribution in [-0.4, -0.2) is 30.9 Å². The summed E-state index contributed by atoms with van der Waals surface area (Å²) >= 11 is 1.86. The fraction of sp³-hybridized carbons (Fsp3) is 1.00. The minimum Gasteiger partial charge on any atom is -0.358 e. The second-order valence-corrected chi connectivity index (χ2v) is 8.89. The van der Waals surface area contributed by atoms with Crippen LogP contribution in [0.1, 0.15) is 47.0 Å². The van der Waals surface area contributed by atoms with Crippen molar-refractivity contribution in [3.63, 3.8) is 0 Å². The molecule has 0 aromatic rings. The fourth-order valence-corrected chi connectivity index (χ4v) is 3.05. The fourth-order valence-electron chi connectivity index (χ4n) is 1.50. The van der Waals surface area contributed by atoms with Crippen LogP contribution in [0, 0.1) is 5.41 Å². The third-order valence-corrected chi connectivity index (χ3v) is 5.42. The number of hydrogen-bond donors (Lipinski definition) is 0. The third-order valence-electron chi connectivity index (χ3n) is 2.75. The summed E-state index contributed by atoms with van der Waals surface area (Å²) in [4.78, 5) is 0. The Kier molecular flexibility index (Phi) is 9.18. The predicted molar refractivity (Wildman–Crippen MR) is 79.9 cm³/mol. The molecule has 0 spiro atoms. The van der Waals surface area contributed by atoms with Crippen molar-refractivity contribution in [3.05, 3.63) is 0 Å². The lowest BCUT2D eigenvalue weighted by atomic mass is 9.89. The van der Waals surface area contributed by atoms with Crippen LogP contribution >= 0.6 is 19.9 Å². The van der Waals surface area contributed by atoms with E-state index in [1.807, 2.05) is 11.8 Å². The summed E-state index contributed by atoms with van der Waals surface area (Å²) in [6.45, 7) is 12.5. The molecule has 2 atom stereocenters. The lowest BCUT2D eigenvalue weighted by Gasteiger charge is -2.23. The molecule has 0 radical (unpaired) electrons. The van der Waals surface area contributed by atoms with Gasteiger partial charge >= 0.3 is 0 Å². The Labute approximate surface area is 108 Å². The smallest absolute Gasteiger partial charge is 0.0599 e. The Morgan fingerprint density at radius 1 is 1.31 bits per heavy atom. The SMILES string of the molecule is CSCCOP(C)C(C)CCCC(C)(C)C. The first-order valence-corrected chi connectivity index (χ1v) is 9.38. The molecule has 0 aliphatic heterocycles. The van der Waals surface area contributed by atoms with Crippen molar-refractivity contribution in [3.8, 4) is 0 Å². The van der Waals surface area contributed by atoms with Crippen molar-refractivity contribution in [2.45, 2.75) is 52.6 Å². The lowest BCUT2D eigenvalue weighted by molar-refractivity contribution is 0.352. The van der Waals surface area contributed by atoms with E-state index in [0.717, 1.165) is 18.0 Å². The second kappa shape index (κ2) is 8.78. The third kappa shape index (κ3) is 9.93. The number of rotatable bonds is 8. The molecule has 0 heterocycles. The van der Waals surface area contributed by atoms with Gasteiger partial charge in [-0.1, -0.05) is 34.1 Å². The summed E-state index contributed by atoms with van der Waals surface area (Å²) in [6, 6.07) is 0. The van der Waals surface area contributed by atoms with Crippen LogP contribution in [0.2, 0.25) is 0 Å². The van der Waals surface area contributed by atoms with Gasteiger partial charge in [0.2, 0.25) is 0 Å². The predicted octanol–water partition coefficient (Wildman–Crippen LogP) is 5.00. The largest absolute Gasteiger partial charge is 0.358 e. The molecule has 0 rings (SSSR count). The molecule has 0 saturated heterocycles. The van der Waals surface area contributed by atoms with E-state index in [1.165, 1.54) is 19.3 Å². The molecule has 98 valence electrons. The maximum Gasteiger partial charge on any atom is 0.0599 e. The van der Waals surface area contributed by atoms with Crippen LogP contribution in [0.25, 0.3) is 0 Å². The van der Waals surface area contributed by atoms with E-state index in [2.05, 4.69) is 40.6 Å². The van der Waals surface area contributed by atoms with E-state index in [-0.39, 0.29) is 8.15 Å². The Morgan fingerprint density at radius 3 is 2.44 bits per heavy atom. The van der Waals surface area contributed by atoms with Crippen molar-refractivity contribution in [1.29, 1.82) is 0 Å². The van der Waals surface area contributed by atoms with Gasteiger partial charge in [-0.05, 0) is 31.2 Å². The Morgan fingerprint density at radius 2 is 1.94 bits per heavy atom. The molecule has 0 aliphatic rings. The standard InChI is InChI=1S/C13H29OPS/c1-12(8-7-9-13(2,3)4)15(5)14-10-11-16-6/h12H,7-11H2,1-6H3. The lowest BCUT2D eigenvalue weighted by Crippen LogP contribution is -2.08. The molecule has 16 heavy (non-hydrogen) atoms. The van der Waals surface area contributed by atoms with Gasteiger partial charge in [-0.2, -0.15) is 11.8 Å². The van der Waals surface area contributed by atoms with Gasteiger partial charge in [-0.3, -0.25) is 0 Å². The monoisotopic (exact) mass is 264 g/mol. The molecule has 0 aliphatic carbocycles. The van der Waals surface area contributed by atoms with E-state index in [4.69, 9.17) is 4.52 Å². The van der Waals surface area contributed by atoms with Gasteiger partial charge in [0.25, 0.3) is 0 Å². The van der Waals surface area contributed by atoms with Crippen LogP contribution in [0.4, 0.5) is 0 Å². The van der Waals surface area contributed by atoms with Crippen molar-refractivity contribution >= 4 is 19.9 Å². The van der Waals surface area contributed by atoms with Crippen LogP contribution in [0.5, 0.6) is 0 Å². The molecule has 0 amide bonds. The molecule has 0 saturated carbocycles. The van der Waals surface area contributed by atoms with Crippen LogP contribution in [-0.2, 0) is 4.52 Å². The molecule has 0 aromatic carbocycles. The van der Waals surface area contributed by atoms with E-state index >= 15 is 0 Å². The van der Waals surface area contributed by atoms with Gasteiger partial charge in [0.05, 0.1) is 6.61 Å². The summed E-state index contributed by atoms with van der Waals surface area (Å²) in [6.07, 6.45) is 6.11. The highest BCUT2D eigenvalue weighted by Gasteiger charge is 2.15. The summed E-state index contributed by atoms with van der Waals surface area (Å²) in [7, 11) is -0.214. The van der Waals surface area contributed by atoms with E-state index in [1.54, 1.807) is 0 Å². The Hall–Kier alpha value is 0.740. The molecule has 0 bridgehead atoms. The molecular formula is C13H29OPS. The van der Waals surface area contributed by atoms with Gasteiger partial charge < -0.3 is 4.52 Å². The molecule has 0 fully saturated rings. The summed E-state index contributed by atoms with van der Waals surface area (Å²) in [5.74, 6) is 1.13. The second-order valence-electron chi connectivity index (χ2n) is 5.67. The van der Waals surface area contributed by atoms with E-state index < -0.39 is 0 Å². The first kappa shape index (κ1) is 16.7. The first-order chi connectivity index (χ1) is 7.37. The normalized spacial score (nSPS) is 16.1. The van der Waals surface area contributed by atoms with Crippen molar-refractivity contribution < 1.29 is 4.52 Å². The van der Waals surface area contributed by atoms with Gasteiger partial charge in [-0.15, -0.1) is 0 Å². The molecule has 3 heteroatoms. The molecule has 2 unspecified atom stereocenters. The highest BCUT2D eigenvalue weighted by molar-refractivity contribution is 7.98. The Balaban J connectivity index is 3.58. The maximum absolute atomic E-state index is 5.87. The van der Waals surface area contributed by atoms with Crippen molar-refractivity contribution in [2.75, 3.05) is 25.3 Å². The van der Waals surface area contributed by atoms with Crippen LogP contribution < -0.4 is 0 Å². The highest BCUT2D eigenvalue weighted by atomic mass is 32.2.